The summed E-state index contributed by atoms with van der Waals surface area (Å²) < 4.78 is 4.86. The molecule has 0 aliphatic rings. The first-order valence-corrected chi connectivity index (χ1v) is 5.49. The van der Waals surface area contributed by atoms with E-state index >= 15 is 0 Å². The Balaban J connectivity index is 2.75. The molecule has 0 aromatic carbocycles. The zero-order valence-corrected chi connectivity index (χ0v) is 10.5. The second kappa shape index (κ2) is 6.54. The van der Waals surface area contributed by atoms with Crippen LogP contribution in [0.3, 0.4) is 0 Å². The van der Waals surface area contributed by atoms with Crippen molar-refractivity contribution >= 4 is 17.5 Å². The molecule has 1 unspecified atom stereocenters. The Morgan fingerprint density at radius 3 is 2.94 bits per heavy atom. The normalized spacial score (nSPS) is 12.2. The first kappa shape index (κ1) is 13.9. The minimum Gasteiger partial charge on any atom is -0.394 e. The zero-order valence-electron chi connectivity index (χ0n) is 9.74. The van der Waals surface area contributed by atoms with Gasteiger partial charge < -0.3 is 15.2 Å². The van der Waals surface area contributed by atoms with E-state index in [1.807, 2.05) is 0 Å². The standard InChI is InChI=1S/C11H15ClN2O3/c1-7-3-10(12)9(4-13-7)11(16)14-8(5-15)6-17-2/h3-4,8,15H,5-6H2,1-2H3,(H,14,16). The first-order chi connectivity index (χ1) is 8.08. The van der Waals surface area contributed by atoms with Crippen molar-refractivity contribution in [2.75, 3.05) is 20.3 Å². The lowest BCUT2D eigenvalue weighted by molar-refractivity contribution is 0.0839. The number of nitrogens with one attached hydrogen (secondary N) is 1. The lowest BCUT2D eigenvalue weighted by atomic mass is 10.2. The van der Waals surface area contributed by atoms with Crippen LogP contribution in [0.5, 0.6) is 0 Å². The molecule has 0 saturated carbocycles. The van der Waals surface area contributed by atoms with Gasteiger partial charge in [-0.05, 0) is 13.0 Å². The van der Waals surface area contributed by atoms with Crippen molar-refractivity contribution in [3.05, 3.63) is 28.5 Å². The smallest absolute Gasteiger partial charge is 0.254 e. The Kier molecular flexibility index (Phi) is 5.34. The Bertz CT molecular complexity index is 398. The monoisotopic (exact) mass is 258 g/mol. The summed E-state index contributed by atoms with van der Waals surface area (Å²) in [5.41, 5.74) is 1.02. The molecule has 1 rings (SSSR count). The Morgan fingerprint density at radius 2 is 2.41 bits per heavy atom. The molecule has 0 aliphatic carbocycles. The summed E-state index contributed by atoms with van der Waals surface area (Å²) in [5, 5.41) is 12.0. The number of carbonyl (C=O) groups is 1. The predicted octanol–water partition coefficient (Wildman–Crippen LogP) is 0.781. The molecule has 0 saturated heterocycles. The number of aliphatic hydroxyl groups is 1. The number of carbonyl (C=O) groups excluding carboxylic acids is 1. The number of methoxy groups -OCH3 is 1. The second-order valence-corrected chi connectivity index (χ2v) is 4.02. The lowest BCUT2D eigenvalue weighted by Gasteiger charge is -2.15. The largest absolute Gasteiger partial charge is 0.394 e. The molecule has 0 spiro atoms. The number of ether oxygens (including phenoxy) is 1. The molecular weight excluding hydrogens is 244 g/mol. The van der Waals surface area contributed by atoms with Gasteiger partial charge in [0.2, 0.25) is 0 Å². The van der Waals surface area contributed by atoms with E-state index in [-0.39, 0.29) is 24.7 Å². The summed E-state index contributed by atoms with van der Waals surface area (Å²) in [6, 6.07) is 1.16. The van der Waals surface area contributed by atoms with Gasteiger partial charge in [0.25, 0.3) is 5.91 Å². The number of aryl methyl sites for hydroxylation is 1. The number of aromatic nitrogens is 1. The molecule has 94 valence electrons. The third-order valence-electron chi connectivity index (χ3n) is 2.16. The number of amides is 1. The van der Waals surface area contributed by atoms with E-state index < -0.39 is 6.04 Å². The van der Waals surface area contributed by atoms with Crippen LogP contribution in [0, 0.1) is 6.92 Å². The summed E-state index contributed by atoms with van der Waals surface area (Å²) in [4.78, 5) is 15.8. The average molecular weight is 259 g/mol. The van der Waals surface area contributed by atoms with Crippen molar-refractivity contribution in [2.45, 2.75) is 13.0 Å². The van der Waals surface area contributed by atoms with E-state index in [1.165, 1.54) is 13.3 Å². The molecule has 17 heavy (non-hydrogen) atoms. The summed E-state index contributed by atoms with van der Waals surface area (Å²) in [6.07, 6.45) is 1.41. The van der Waals surface area contributed by atoms with Crippen molar-refractivity contribution in [1.29, 1.82) is 0 Å². The molecule has 6 heteroatoms. The first-order valence-electron chi connectivity index (χ1n) is 5.11. The summed E-state index contributed by atoms with van der Waals surface area (Å²) in [7, 11) is 1.50. The van der Waals surface area contributed by atoms with Gasteiger partial charge in [-0.25, -0.2) is 0 Å². The molecule has 0 bridgehead atoms. The molecular formula is C11H15ClN2O3. The molecule has 1 heterocycles. The van der Waals surface area contributed by atoms with Crippen LogP contribution in [0.25, 0.3) is 0 Å². The second-order valence-electron chi connectivity index (χ2n) is 3.61. The highest BCUT2D eigenvalue weighted by atomic mass is 35.5. The lowest BCUT2D eigenvalue weighted by Crippen LogP contribution is -2.40. The van der Waals surface area contributed by atoms with Gasteiger partial charge in [-0.2, -0.15) is 0 Å². The van der Waals surface area contributed by atoms with Gasteiger partial charge in [0, 0.05) is 19.0 Å². The van der Waals surface area contributed by atoms with Crippen LogP contribution in [0.4, 0.5) is 0 Å². The van der Waals surface area contributed by atoms with Gasteiger partial charge in [-0.1, -0.05) is 11.6 Å². The molecule has 5 nitrogen and oxygen atoms in total. The van der Waals surface area contributed by atoms with Crippen LogP contribution >= 0.6 is 11.6 Å². The number of hydrogen-bond acceptors (Lipinski definition) is 4. The molecule has 0 radical (unpaired) electrons. The maximum atomic E-state index is 11.8. The molecule has 2 N–H and O–H groups in total. The van der Waals surface area contributed by atoms with E-state index in [9.17, 15) is 4.79 Å². The van der Waals surface area contributed by atoms with Gasteiger partial charge >= 0.3 is 0 Å². The Morgan fingerprint density at radius 1 is 1.71 bits per heavy atom. The van der Waals surface area contributed by atoms with Crippen LogP contribution in [-0.4, -0.2) is 42.4 Å². The number of aliphatic hydroxyl groups excluding tert-OH is 1. The van der Waals surface area contributed by atoms with Gasteiger partial charge in [0.05, 0.1) is 29.8 Å². The highest BCUT2D eigenvalue weighted by Crippen LogP contribution is 2.15. The van der Waals surface area contributed by atoms with Gasteiger partial charge in [-0.15, -0.1) is 0 Å². The summed E-state index contributed by atoms with van der Waals surface area (Å²) >= 11 is 5.93. The SMILES string of the molecule is COCC(CO)NC(=O)c1cnc(C)cc1Cl. The van der Waals surface area contributed by atoms with E-state index in [1.54, 1.807) is 13.0 Å². The fourth-order valence-corrected chi connectivity index (χ4v) is 1.59. The maximum Gasteiger partial charge on any atom is 0.254 e. The summed E-state index contributed by atoms with van der Waals surface area (Å²) in [5.74, 6) is -0.376. The number of pyridine rings is 1. The minimum absolute atomic E-state index is 0.198. The van der Waals surface area contributed by atoms with Crippen molar-refractivity contribution in [3.8, 4) is 0 Å². The fourth-order valence-electron chi connectivity index (χ4n) is 1.30. The number of nitrogens with zero attached hydrogens (tertiary/aromatic N) is 1. The van der Waals surface area contributed by atoms with E-state index in [4.69, 9.17) is 21.4 Å². The van der Waals surface area contributed by atoms with Crippen LogP contribution in [0.15, 0.2) is 12.3 Å². The molecule has 1 atom stereocenters. The highest BCUT2D eigenvalue weighted by Gasteiger charge is 2.15. The van der Waals surface area contributed by atoms with Crippen LogP contribution < -0.4 is 5.32 Å². The van der Waals surface area contributed by atoms with Crippen molar-refractivity contribution in [2.24, 2.45) is 0 Å². The maximum absolute atomic E-state index is 11.8. The Hall–Kier alpha value is -1.17. The summed E-state index contributed by atoms with van der Waals surface area (Å²) in [6.45, 7) is 1.82. The predicted molar refractivity (Wildman–Crippen MR) is 64.2 cm³/mol. The van der Waals surface area contributed by atoms with Crippen LogP contribution in [-0.2, 0) is 4.74 Å². The van der Waals surface area contributed by atoms with E-state index in [0.29, 0.717) is 5.02 Å². The number of halogens is 1. The average Bonchev–Trinajstić information content (AvgIpc) is 2.28. The van der Waals surface area contributed by atoms with Crippen molar-refractivity contribution < 1.29 is 14.6 Å². The highest BCUT2D eigenvalue weighted by molar-refractivity contribution is 6.33. The third kappa shape index (κ3) is 3.96. The third-order valence-corrected chi connectivity index (χ3v) is 2.47. The minimum atomic E-state index is -0.454. The topological polar surface area (TPSA) is 71.5 Å². The van der Waals surface area contributed by atoms with E-state index in [0.717, 1.165) is 5.69 Å². The van der Waals surface area contributed by atoms with Gasteiger partial charge in [-0.3, -0.25) is 9.78 Å². The number of hydrogen-bond donors (Lipinski definition) is 2. The zero-order chi connectivity index (χ0) is 12.8. The van der Waals surface area contributed by atoms with Gasteiger partial charge in [0.1, 0.15) is 0 Å². The number of rotatable bonds is 5. The van der Waals surface area contributed by atoms with Crippen molar-refractivity contribution in [3.63, 3.8) is 0 Å². The fraction of sp³-hybridized carbons (Fsp3) is 0.455. The molecule has 1 amide bonds. The molecule has 1 aromatic rings. The van der Waals surface area contributed by atoms with Crippen molar-refractivity contribution in [1.82, 2.24) is 10.3 Å². The Labute approximate surface area is 105 Å². The quantitative estimate of drug-likeness (QED) is 0.819. The van der Waals surface area contributed by atoms with E-state index in [2.05, 4.69) is 10.3 Å². The molecule has 0 aliphatic heterocycles. The van der Waals surface area contributed by atoms with Crippen LogP contribution in [0.1, 0.15) is 16.1 Å². The molecule has 0 fully saturated rings. The van der Waals surface area contributed by atoms with Gasteiger partial charge in [0.15, 0.2) is 0 Å². The molecule has 1 aromatic heterocycles. The van der Waals surface area contributed by atoms with Crippen LogP contribution in [0.2, 0.25) is 5.02 Å².